The van der Waals surface area contributed by atoms with Crippen molar-refractivity contribution in [3.05, 3.63) is 126 Å². The summed E-state index contributed by atoms with van der Waals surface area (Å²) < 4.78 is 2.41. The Labute approximate surface area is 238 Å². The Morgan fingerprint density at radius 2 is 0.825 bits per heavy atom. The minimum atomic E-state index is 0.508. The summed E-state index contributed by atoms with van der Waals surface area (Å²) in [5, 5.41) is 11.4. The zero-order valence-electron chi connectivity index (χ0n) is 23.2. The van der Waals surface area contributed by atoms with Gasteiger partial charge in [0.25, 0.3) is 0 Å². The SMILES string of the molecule is Oc1c2cc(-[n+]3c(-c4ccccc4)cc(-c4ccccc4)cc3-c3ccccc3)cc1CCCCCCCCC2. The number of hydrogen-bond donors (Lipinski definition) is 1. The number of nitrogens with zero attached hydrogens (tertiary/aromatic N) is 1. The Kier molecular flexibility index (Phi) is 8.05. The van der Waals surface area contributed by atoms with E-state index >= 15 is 0 Å². The van der Waals surface area contributed by atoms with E-state index in [0.717, 1.165) is 53.9 Å². The molecule has 0 spiro atoms. The summed E-state index contributed by atoms with van der Waals surface area (Å²) in [5.41, 5.74) is 10.3. The van der Waals surface area contributed by atoms with Crippen LogP contribution in [0, 0.1) is 0 Å². The van der Waals surface area contributed by atoms with Crippen molar-refractivity contribution in [3.8, 4) is 45.1 Å². The number of pyridine rings is 1. The van der Waals surface area contributed by atoms with Crippen LogP contribution in [0.3, 0.4) is 0 Å². The molecule has 0 saturated carbocycles. The van der Waals surface area contributed by atoms with Gasteiger partial charge < -0.3 is 5.11 Å². The highest BCUT2D eigenvalue weighted by molar-refractivity contribution is 5.74. The van der Waals surface area contributed by atoms with E-state index in [9.17, 15) is 5.11 Å². The van der Waals surface area contributed by atoms with Crippen LogP contribution in [-0.4, -0.2) is 5.11 Å². The highest BCUT2D eigenvalue weighted by atomic mass is 16.3. The summed E-state index contributed by atoms with van der Waals surface area (Å²) in [6.45, 7) is 0. The molecule has 5 aromatic rings. The van der Waals surface area contributed by atoms with Gasteiger partial charge in [-0.25, -0.2) is 0 Å². The van der Waals surface area contributed by atoms with Crippen LogP contribution in [0.4, 0.5) is 0 Å². The predicted molar refractivity (Wildman–Crippen MR) is 166 cm³/mol. The first-order valence-electron chi connectivity index (χ1n) is 14.9. The van der Waals surface area contributed by atoms with Gasteiger partial charge in [-0.15, -0.1) is 0 Å². The molecule has 1 heterocycles. The van der Waals surface area contributed by atoms with Crippen LogP contribution in [-0.2, 0) is 12.8 Å². The third-order valence-electron chi connectivity index (χ3n) is 8.22. The second-order valence-electron chi connectivity index (χ2n) is 11.0. The van der Waals surface area contributed by atoms with Crippen LogP contribution in [0.15, 0.2) is 115 Å². The molecule has 0 fully saturated rings. The van der Waals surface area contributed by atoms with E-state index in [4.69, 9.17) is 0 Å². The fourth-order valence-electron chi connectivity index (χ4n) is 6.08. The number of phenolic OH excluding ortho intramolecular Hbond substituents is 1. The standard InChI is InChI=1S/C38H37NO/c40-38-32-23-9-4-2-1-3-5-10-24-33(38)26-35(25-32)39-36(30-19-13-7-14-20-30)27-34(29-17-11-6-12-18-29)28-37(39)31-21-15-8-16-22-31/h6-8,11-22,25-28H,1-5,9-10,23-24H2/p+1. The molecule has 1 N–H and O–H groups in total. The van der Waals surface area contributed by atoms with Gasteiger partial charge in [-0.2, -0.15) is 4.57 Å². The summed E-state index contributed by atoms with van der Waals surface area (Å²) in [7, 11) is 0. The van der Waals surface area contributed by atoms with E-state index in [-0.39, 0.29) is 0 Å². The number of benzene rings is 4. The first-order valence-corrected chi connectivity index (χ1v) is 14.9. The van der Waals surface area contributed by atoms with Gasteiger partial charge in [0, 0.05) is 46.5 Å². The van der Waals surface area contributed by atoms with Gasteiger partial charge in [-0.05, 0) is 61.1 Å². The molecule has 2 bridgehead atoms. The van der Waals surface area contributed by atoms with Crippen molar-refractivity contribution < 1.29 is 9.67 Å². The van der Waals surface area contributed by atoms with Crippen molar-refractivity contribution >= 4 is 0 Å². The highest BCUT2D eigenvalue weighted by Crippen LogP contribution is 2.34. The van der Waals surface area contributed by atoms with Gasteiger partial charge in [0.2, 0.25) is 17.1 Å². The molecule has 1 aliphatic carbocycles. The van der Waals surface area contributed by atoms with Crippen LogP contribution < -0.4 is 4.57 Å². The lowest BCUT2D eigenvalue weighted by Gasteiger charge is -2.16. The first kappa shape index (κ1) is 26.1. The molecule has 1 aliphatic rings. The van der Waals surface area contributed by atoms with Gasteiger partial charge in [0.15, 0.2) is 0 Å². The number of aryl methyl sites for hydroxylation is 2. The Hall–Kier alpha value is -4.17. The molecule has 0 amide bonds. The molecule has 0 aliphatic heterocycles. The van der Waals surface area contributed by atoms with Crippen LogP contribution in [0.2, 0.25) is 0 Å². The quantitative estimate of drug-likeness (QED) is 0.233. The van der Waals surface area contributed by atoms with E-state index in [1.54, 1.807) is 0 Å². The Morgan fingerprint density at radius 3 is 1.27 bits per heavy atom. The molecule has 0 atom stereocenters. The van der Waals surface area contributed by atoms with Gasteiger partial charge in [-0.3, -0.25) is 0 Å². The van der Waals surface area contributed by atoms with Crippen molar-refractivity contribution in [1.29, 1.82) is 0 Å². The molecule has 1 aromatic heterocycles. The molecule has 40 heavy (non-hydrogen) atoms. The molecule has 2 nitrogen and oxygen atoms in total. The van der Waals surface area contributed by atoms with Crippen LogP contribution >= 0.6 is 0 Å². The van der Waals surface area contributed by atoms with Gasteiger partial charge in [0.1, 0.15) is 5.75 Å². The molecular formula is C38H38NO+. The van der Waals surface area contributed by atoms with Crippen molar-refractivity contribution in [2.45, 2.75) is 57.8 Å². The maximum Gasteiger partial charge on any atom is 0.219 e. The number of aromatic nitrogens is 1. The van der Waals surface area contributed by atoms with E-state index in [1.165, 1.54) is 54.4 Å². The minimum absolute atomic E-state index is 0.508. The average Bonchev–Trinajstić information content (AvgIpc) is 3.02. The fraction of sp³-hybridized carbons (Fsp3) is 0.237. The lowest BCUT2D eigenvalue weighted by molar-refractivity contribution is -0.572. The minimum Gasteiger partial charge on any atom is -0.507 e. The van der Waals surface area contributed by atoms with E-state index in [1.807, 2.05) is 0 Å². The Morgan fingerprint density at radius 1 is 0.425 bits per heavy atom. The normalized spacial score (nSPS) is 14.2. The molecule has 0 saturated heterocycles. The van der Waals surface area contributed by atoms with E-state index in [0.29, 0.717) is 5.75 Å². The van der Waals surface area contributed by atoms with E-state index in [2.05, 4.69) is 120 Å². The Bertz CT molecular complexity index is 1470. The average molecular weight is 525 g/mol. The summed E-state index contributed by atoms with van der Waals surface area (Å²) in [6, 6.07) is 41.2. The van der Waals surface area contributed by atoms with Crippen LogP contribution in [0.5, 0.6) is 5.75 Å². The van der Waals surface area contributed by atoms with Crippen LogP contribution in [0.1, 0.15) is 56.1 Å². The van der Waals surface area contributed by atoms with Crippen molar-refractivity contribution in [3.63, 3.8) is 0 Å². The molecule has 0 radical (unpaired) electrons. The summed E-state index contributed by atoms with van der Waals surface area (Å²) in [5.74, 6) is 0.508. The lowest BCUT2D eigenvalue weighted by Crippen LogP contribution is -2.36. The van der Waals surface area contributed by atoms with Crippen molar-refractivity contribution in [2.75, 3.05) is 0 Å². The number of aromatic hydroxyl groups is 1. The fourth-order valence-corrected chi connectivity index (χ4v) is 6.08. The largest absolute Gasteiger partial charge is 0.507 e. The zero-order chi connectivity index (χ0) is 27.1. The molecular weight excluding hydrogens is 486 g/mol. The van der Waals surface area contributed by atoms with Gasteiger partial charge in [0.05, 0.1) is 0 Å². The number of hydrogen-bond acceptors (Lipinski definition) is 1. The highest BCUT2D eigenvalue weighted by Gasteiger charge is 2.27. The lowest BCUT2D eigenvalue weighted by atomic mass is 9.94. The molecule has 6 rings (SSSR count). The van der Waals surface area contributed by atoms with Crippen molar-refractivity contribution in [2.24, 2.45) is 0 Å². The number of rotatable bonds is 4. The molecule has 2 heteroatoms. The Balaban J connectivity index is 1.63. The first-order chi connectivity index (χ1) is 19.8. The van der Waals surface area contributed by atoms with Gasteiger partial charge >= 0.3 is 0 Å². The molecule has 200 valence electrons. The molecule has 4 aromatic carbocycles. The smallest absolute Gasteiger partial charge is 0.219 e. The third kappa shape index (κ3) is 5.72. The summed E-state index contributed by atoms with van der Waals surface area (Å²) in [4.78, 5) is 0. The van der Waals surface area contributed by atoms with Gasteiger partial charge in [-0.1, -0.05) is 98.8 Å². The maximum atomic E-state index is 11.4. The molecule has 0 unspecified atom stereocenters. The second-order valence-corrected chi connectivity index (χ2v) is 11.0. The summed E-state index contributed by atoms with van der Waals surface area (Å²) >= 11 is 0. The number of fused-ring (bicyclic) bond motifs is 2. The predicted octanol–water partition coefficient (Wildman–Crippen LogP) is 9.50. The summed E-state index contributed by atoms with van der Waals surface area (Å²) in [6.07, 6.45) is 10.4. The maximum absolute atomic E-state index is 11.4. The topological polar surface area (TPSA) is 24.1 Å². The van der Waals surface area contributed by atoms with E-state index < -0.39 is 0 Å². The second kappa shape index (κ2) is 12.3. The van der Waals surface area contributed by atoms with Crippen LogP contribution in [0.25, 0.3) is 39.3 Å². The van der Waals surface area contributed by atoms with Crippen molar-refractivity contribution in [1.82, 2.24) is 0 Å². The monoisotopic (exact) mass is 524 g/mol. The third-order valence-corrected chi connectivity index (χ3v) is 8.22. The number of phenols is 1. The zero-order valence-corrected chi connectivity index (χ0v) is 23.2.